The predicted octanol–water partition coefficient (Wildman–Crippen LogP) is 3.25. The lowest BCUT2D eigenvalue weighted by atomic mass is 10.0. The van der Waals surface area contributed by atoms with Crippen LogP contribution in [0, 0.1) is 0 Å². The molecule has 1 unspecified atom stereocenters. The van der Waals surface area contributed by atoms with Gasteiger partial charge >= 0.3 is 0 Å². The van der Waals surface area contributed by atoms with Crippen molar-refractivity contribution >= 4 is 21.6 Å². The largest absolute Gasteiger partial charge is 0.380 e. The maximum Gasteiger partial charge on any atom is 0.0674 e. The fraction of sp³-hybridized carbons (Fsp3) is 0.467. The molecule has 2 N–H and O–H groups in total. The molecule has 1 aromatic rings. The minimum absolute atomic E-state index is 0.0388. The third kappa shape index (κ3) is 3.59. The van der Waals surface area contributed by atoms with Crippen molar-refractivity contribution in [2.75, 3.05) is 31.7 Å². The zero-order valence-electron chi connectivity index (χ0n) is 11.5. The van der Waals surface area contributed by atoms with E-state index in [2.05, 4.69) is 45.1 Å². The first-order valence-corrected chi connectivity index (χ1v) is 7.38. The fourth-order valence-corrected chi connectivity index (χ4v) is 2.80. The van der Waals surface area contributed by atoms with E-state index in [1.165, 1.54) is 16.8 Å². The van der Waals surface area contributed by atoms with Crippen LogP contribution < -0.4 is 10.6 Å². The average Bonchev–Trinajstić information content (AvgIpc) is 2.40. The van der Waals surface area contributed by atoms with Crippen LogP contribution in [-0.4, -0.2) is 26.8 Å². The molecule has 0 spiro atoms. The average molecular weight is 325 g/mol. The quantitative estimate of drug-likeness (QED) is 0.864. The Balaban J connectivity index is 2.19. The second kappa shape index (κ2) is 6.55. The highest BCUT2D eigenvalue weighted by molar-refractivity contribution is 9.10. The van der Waals surface area contributed by atoms with Gasteiger partial charge in [0.25, 0.3) is 0 Å². The normalized spacial score (nSPS) is 17.3. The Bertz CT molecular complexity index is 471. The third-order valence-electron chi connectivity index (χ3n) is 3.45. The van der Waals surface area contributed by atoms with Gasteiger partial charge in [-0.1, -0.05) is 22.0 Å². The Morgan fingerprint density at radius 2 is 2.26 bits per heavy atom. The maximum absolute atomic E-state index is 6.08. The highest BCUT2D eigenvalue weighted by atomic mass is 79.9. The lowest BCUT2D eigenvalue weighted by Crippen LogP contribution is -2.30. The number of benzene rings is 1. The summed E-state index contributed by atoms with van der Waals surface area (Å²) in [6.07, 6.45) is 3.32. The van der Waals surface area contributed by atoms with E-state index < -0.39 is 0 Å². The zero-order valence-corrected chi connectivity index (χ0v) is 13.1. The van der Waals surface area contributed by atoms with Gasteiger partial charge in [-0.3, -0.25) is 0 Å². The third-order valence-corrected chi connectivity index (χ3v) is 3.95. The lowest BCUT2D eigenvalue weighted by Gasteiger charge is -2.31. The number of ether oxygens (including phenoxy) is 1. The Morgan fingerprint density at radius 1 is 1.47 bits per heavy atom. The van der Waals surface area contributed by atoms with Gasteiger partial charge in [-0.15, -0.1) is 0 Å². The molecule has 0 radical (unpaired) electrons. The smallest absolute Gasteiger partial charge is 0.0674 e. The summed E-state index contributed by atoms with van der Waals surface area (Å²) in [7, 11) is 1.75. The number of methoxy groups -OCH3 is 1. The molecular formula is C15H21BrN2O. The molecule has 1 aliphatic rings. The Kier molecular flexibility index (Phi) is 5.02. The number of halogens is 1. The highest BCUT2D eigenvalue weighted by Gasteiger charge is 2.17. The number of hydrogen-bond donors (Lipinski definition) is 1. The standard InChI is InChI=1S/C15H21BrN2O/c1-11(17)14-9-13(16)3-4-15(14)18-7-5-12(6-8-18)10-19-2/h3-5,9,11H,6-8,10,17H2,1-2H3. The van der Waals surface area contributed by atoms with Crippen molar-refractivity contribution in [1.82, 2.24) is 0 Å². The van der Waals surface area contributed by atoms with E-state index in [0.717, 1.165) is 30.6 Å². The van der Waals surface area contributed by atoms with Crippen LogP contribution in [0.15, 0.2) is 34.3 Å². The zero-order chi connectivity index (χ0) is 13.8. The molecule has 0 amide bonds. The van der Waals surface area contributed by atoms with E-state index in [1.54, 1.807) is 7.11 Å². The summed E-state index contributed by atoms with van der Waals surface area (Å²) in [5.74, 6) is 0. The van der Waals surface area contributed by atoms with Crippen LogP contribution in [0.2, 0.25) is 0 Å². The summed E-state index contributed by atoms with van der Waals surface area (Å²) >= 11 is 3.52. The van der Waals surface area contributed by atoms with Crippen molar-refractivity contribution in [1.29, 1.82) is 0 Å². The number of hydrogen-bond acceptors (Lipinski definition) is 3. The van der Waals surface area contributed by atoms with Gasteiger partial charge in [0.05, 0.1) is 6.61 Å². The molecule has 0 bridgehead atoms. The van der Waals surface area contributed by atoms with Crippen molar-refractivity contribution < 1.29 is 4.74 Å². The van der Waals surface area contributed by atoms with Gasteiger partial charge < -0.3 is 15.4 Å². The van der Waals surface area contributed by atoms with Gasteiger partial charge in [0.2, 0.25) is 0 Å². The highest BCUT2D eigenvalue weighted by Crippen LogP contribution is 2.30. The minimum Gasteiger partial charge on any atom is -0.380 e. The second-order valence-corrected chi connectivity index (χ2v) is 5.90. The molecule has 0 aliphatic carbocycles. The van der Waals surface area contributed by atoms with Crippen LogP contribution in [0.1, 0.15) is 24.9 Å². The summed E-state index contributed by atoms with van der Waals surface area (Å²) in [5.41, 5.74) is 9.90. The van der Waals surface area contributed by atoms with Crippen LogP contribution in [0.4, 0.5) is 5.69 Å². The van der Waals surface area contributed by atoms with Gasteiger partial charge in [-0.2, -0.15) is 0 Å². The SMILES string of the molecule is COCC1=CCN(c2ccc(Br)cc2C(C)N)CC1. The topological polar surface area (TPSA) is 38.5 Å². The predicted molar refractivity (Wildman–Crippen MR) is 83.5 cm³/mol. The molecule has 0 aromatic heterocycles. The number of rotatable bonds is 4. The molecule has 19 heavy (non-hydrogen) atoms. The summed E-state index contributed by atoms with van der Waals surface area (Å²) < 4.78 is 6.27. The molecule has 1 aliphatic heterocycles. The summed E-state index contributed by atoms with van der Waals surface area (Å²) in [6, 6.07) is 6.39. The van der Waals surface area contributed by atoms with Gasteiger partial charge in [-0.05, 0) is 42.7 Å². The second-order valence-electron chi connectivity index (χ2n) is 4.98. The minimum atomic E-state index is 0.0388. The first-order valence-electron chi connectivity index (χ1n) is 6.58. The molecule has 1 atom stereocenters. The molecule has 104 valence electrons. The first kappa shape index (κ1) is 14.6. The number of anilines is 1. The van der Waals surface area contributed by atoms with E-state index in [-0.39, 0.29) is 6.04 Å². The van der Waals surface area contributed by atoms with E-state index in [9.17, 15) is 0 Å². The van der Waals surface area contributed by atoms with Crippen LogP contribution in [0.3, 0.4) is 0 Å². The Hall–Kier alpha value is -0.840. The molecule has 1 heterocycles. The van der Waals surface area contributed by atoms with Crippen molar-refractivity contribution in [2.45, 2.75) is 19.4 Å². The summed E-state index contributed by atoms with van der Waals surface area (Å²) in [4.78, 5) is 2.38. The van der Waals surface area contributed by atoms with E-state index in [0.29, 0.717) is 0 Å². The fourth-order valence-electron chi connectivity index (χ4n) is 2.42. The van der Waals surface area contributed by atoms with Crippen molar-refractivity contribution in [3.05, 3.63) is 39.9 Å². The van der Waals surface area contributed by atoms with E-state index >= 15 is 0 Å². The molecule has 0 fully saturated rings. The van der Waals surface area contributed by atoms with Crippen LogP contribution >= 0.6 is 15.9 Å². The van der Waals surface area contributed by atoms with Crippen LogP contribution in [-0.2, 0) is 4.74 Å². The number of nitrogens with two attached hydrogens (primary N) is 1. The summed E-state index contributed by atoms with van der Waals surface area (Å²) in [5, 5.41) is 0. The first-order chi connectivity index (χ1) is 9.11. The van der Waals surface area contributed by atoms with Gasteiger partial charge in [0.1, 0.15) is 0 Å². The Labute approximate surface area is 123 Å². The molecule has 0 saturated carbocycles. The van der Waals surface area contributed by atoms with Crippen LogP contribution in [0.25, 0.3) is 0 Å². The van der Waals surface area contributed by atoms with E-state index in [1.807, 2.05) is 6.92 Å². The Morgan fingerprint density at radius 3 is 2.84 bits per heavy atom. The van der Waals surface area contributed by atoms with Crippen molar-refractivity contribution in [3.8, 4) is 0 Å². The van der Waals surface area contributed by atoms with Gasteiger partial charge in [0, 0.05) is 36.4 Å². The molecular weight excluding hydrogens is 304 g/mol. The maximum atomic E-state index is 6.08. The molecule has 2 rings (SSSR count). The van der Waals surface area contributed by atoms with Crippen LogP contribution in [0.5, 0.6) is 0 Å². The van der Waals surface area contributed by atoms with Crippen molar-refractivity contribution in [2.24, 2.45) is 5.73 Å². The molecule has 1 aromatic carbocycles. The molecule has 0 saturated heterocycles. The van der Waals surface area contributed by atoms with Gasteiger partial charge in [-0.25, -0.2) is 0 Å². The number of nitrogens with zero attached hydrogens (tertiary/aromatic N) is 1. The monoisotopic (exact) mass is 324 g/mol. The van der Waals surface area contributed by atoms with Gasteiger partial charge in [0.15, 0.2) is 0 Å². The summed E-state index contributed by atoms with van der Waals surface area (Å²) in [6.45, 7) is 4.73. The van der Waals surface area contributed by atoms with Crippen molar-refractivity contribution in [3.63, 3.8) is 0 Å². The molecule has 3 nitrogen and oxygen atoms in total. The molecule has 4 heteroatoms. The lowest BCUT2D eigenvalue weighted by molar-refractivity contribution is 0.222. The van der Waals surface area contributed by atoms with E-state index in [4.69, 9.17) is 10.5 Å².